The Bertz CT molecular complexity index is 445. The fraction of sp³-hybridized carbons (Fsp3) is 0.600. The fourth-order valence-electron chi connectivity index (χ4n) is 1.51. The van der Waals surface area contributed by atoms with Gasteiger partial charge in [-0.3, -0.25) is 0 Å². The molecule has 1 aliphatic rings. The highest BCUT2D eigenvalue weighted by molar-refractivity contribution is 5.50. The topological polar surface area (TPSA) is 70.1 Å². The number of rotatable bonds is 4. The van der Waals surface area contributed by atoms with Gasteiger partial charge in [-0.05, 0) is 12.8 Å². The van der Waals surface area contributed by atoms with Gasteiger partial charge in [0.25, 0.3) is 0 Å². The van der Waals surface area contributed by atoms with Gasteiger partial charge in [-0.15, -0.1) is 0 Å². The fourth-order valence-corrected chi connectivity index (χ4v) is 1.51. The highest BCUT2D eigenvalue weighted by Crippen LogP contribution is 2.38. The van der Waals surface area contributed by atoms with Gasteiger partial charge in [-0.1, -0.05) is 0 Å². The van der Waals surface area contributed by atoms with E-state index in [9.17, 15) is 13.2 Å². The highest BCUT2D eigenvalue weighted by atomic mass is 19.4. The van der Waals surface area contributed by atoms with Crippen LogP contribution in [0.3, 0.4) is 0 Å². The van der Waals surface area contributed by atoms with Crippen molar-refractivity contribution in [3.8, 4) is 0 Å². The van der Waals surface area contributed by atoms with Crippen LogP contribution in [0.1, 0.15) is 18.7 Å². The maximum absolute atomic E-state index is 12.6. The Hall–Kier alpha value is -1.57. The first-order chi connectivity index (χ1) is 8.38. The van der Waals surface area contributed by atoms with Gasteiger partial charge in [0.1, 0.15) is 11.6 Å². The minimum Gasteiger partial charge on any atom is -0.394 e. The minimum atomic E-state index is -4.60. The molecule has 0 radical (unpaired) electrons. The normalized spacial score (nSPS) is 17.4. The maximum Gasteiger partial charge on any atom is 0.451 e. The number of halogens is 3. The highest BCUT2D eigenvalue weighted by Gasteiger charge is 2.43. The van der Waals surface area contributed by atoms with Crippen molar-refractivity contribution in [2.45, 2.75) is 24.6 Å². The SMILES string of the molecule is CNc1cc(NC2(CO)CC2)nc(C(F)(F)F)n1. The molecule has 0 bridgehead atoms. The molecule has 0 aliphatic heterocycles. The van der Waals surface area contributed by atoms with Crippen LogP contribution in [0.5, 0.6) is 0 Å². The van der Waals surface area contributed by atoms with Crippen molar-refractivity contribution < 1.29 is 18.3 Å². The van der Waals surface area contributed by atoms with Gasteiger partial charge < -0.3 is 15.7 Å². The van der Waals surface area contributed by atoms with Crippen molar-refractivity contribution in [2.75, 3.05) is 24.3 Å². The molecule has 1 aromatic heterocycles. The number of nitrogens with one attached hydrogen (secondary N) is 2. The lowest BCUT2D eigenvalue weighted by atomic mass is 10.3. The van der Waals surface area contributed by atoms with Crippen LogP contribution in [0, 0.1) is 0 Å². The Balaban J connectivity index is 2.29. The molecular weight excluding hydrogens is 249 g/mol. The molecule has 0 unspecified atom stereocenters. The number of aromatic nitrogens is 2. The summed E-state index contributed by atoms with van der Waals surface area (Å²) >= 11 is 0. The van der Waals surface area contributed by atoms with Gasteiger partial charge in [0.15, 0.2) is 0 Å². The van der Waals surface area contributed by atoms with E-state index in [1.54, 1.807) is 0 Å². The second-order valence-corrected chi connectivity index (χ2v) is 4.27. The molecular formula is C10H13F3N4O. The molecule has 1 saturated carbocycles. The second-order valence-electron chi connectivity index (χ2n) is 4.27. The lowest BCUT2D eigenvalue weighted by Crippen LogP contribution is -2.27. The van der Waals surface area contributed by atoms with Crippen LogP contribution in [0.15, 0.2) is 6.07 Å². The third kappa shape index (κ3) is 2.63. The zero-order chi connectivity index (χ0) is 13.4. The number of hydrogen-bond donors (Lipinski definition) is 3. The molecule has 0 amide bonds. The molecule has 0 atom stereocenters. The molecule has 1 aromatic rings. The summed E-state index contributed by atoms with van der Waals surface area (Å²) in [5.41, 5.74) is -0.526. The van der Waals surface area contributed by atoms with Gasteiger partial charge in [-0.25, -0.2) is 9.97 Å². The summed E-state index contributed by atoms with van der Waals surface area (Å²) in [5, 5.41) is 14.5. The Kier molecular flexibility index (Phi) is 3.05. The Morgan fingerprint density at radius 2 is 1.94 bits per heavy atom. The van der Waals surface area contributed by atoms with Crippen molar-refractivity contribution >= 4 is 11.6 Å². The quantitative estimate of drug-likeness (QED) is 0.766. The van der Waals surface area contributed by atoms with Crippen molar-refractivity contribution in [1.29, 1.82) is 0 Å². The van der Waals surface area contributed by atoms with E-state index in [1.165, 1.54) is 13.1 Å². The number of aliphatic hydroxyl groups is 1. The van der Waals surface area contributed by atoms with Crippen LogP contribution in [-0.4, -0.2) is 34.3 Å². The van der Waals surface area contributed by atoms with Crippen LogP contribution < -0.4 is 10.6 Å². The second kappa shape index (κ2) is 4.27. The summed E-state index contributed by atoms with van der Waals surface area (Å²) in [6.07, 6.45) is -3.17. The predicted molar refractivity (Wildman–Crippen MR) is 59.3 cm³/mol. The number of aliphatic hydroxyl groups excluding tert-OH is 1. The zero-order valence-corrected chi connectivity index (χ0v) is 9.67. The van der Waals surface area contributed by atoms with Gasteiger partial charge in [0, 0.05) is 13.1 Å². The molecule has 1 aliphatic carbocycles. The molecule has 0 spiro atoms. The molecule has 5 nitrogen and oxygen atoms in total. The van der Waals surface area contributed by atoms with Crippen molar-refractivity contribution in [2.24, 2.45) is 0 Å². The number of alkyl halides is 3. The van der Waals surface area contributed by atoms with Crippen LogP contribution in [0.2, 0.25) is 0 Å². The zero-order valence-electron chi connectivity index (χ0n) is 9.67. The van der Waals surface area contributed by atoms with E-state index in [0.29, 0.717) is 12.8 Å². The molecule has 3 N–H and O–H groups in total. The third-order valence-corrected chi connectivity index (χ3v) is 2.79. The average Bonchev–Trinajstić information content (AvgIpc) is 3.08. The van der Waals surface area contributed by atoms with E-state index in [4.69, 9.17) is 5.11 Å². The maximum atomic E-state index is 12.6. The lowest BCUT2D eigenvalue weighted by molar-refractivity contribution is -0.144. The first-order valence-electron chi connectivity index (χ1n) is 5.42. The number of hydrogen-bond acceptors (Lipinski definition) is 5. The summed E-state index contributed by atoms with van der Waals surface area (Å²) in [6.45, 7) is -0.132. The Morgan fingerprint density at radius 1 is 1.33 bits per heavy atom. The Labute approximate surface area is 101 Å². The van der Waals surface area contributed by atoms with Crippen LogP contribution in [0.4, 0.5) is 24.8 Å². The summed E-state index contributed by atoms with van der Waals surface area (Å²) in [7, 11) is 1.48. The number of nitrogens with zero attached hydrogens (tertiary/aromatic N) is 2. The van der Waals surface area contributed by atoms with E-state index in [-0.39, 0.29) is 18.2 Å². The molecule has 1 fully saturated rings. The predicted octanol–water partition coefficient (Wildman–Crippen LogP) is 1.47. The summed E-state index contributed by atoms with van der Waals surface area (Å²) in [4.78, 5) is 6.78. The molecule has 0 aromatic carbocycles. The Morgan fingerprint density at radius 3 is 2.39 bits per heavy atom. The lowest BCUT2D eigenvalue weighted by Gasteiger charge is -2.16. The average molecular weight is 262 g/mol. The molecule has 0 saturated heterocycles. The van der Waals surface area contributed by atoms with Crippen LogP contribution >= 0.6 is 0 Å². The first-order valence-corrected chi connectivity index (χ1v) is 5.42. The summed E-state index contributed by atoms with van der Waals surface area (Å²) in [5.74, 6) is -1.06. The standard InChI is InChI=1S/C10H13F3N4O/c1-14-6-4-7(17-9(5-18)2-3-9)16-8(15-6)10(11,12)13/h4,18H,2-3,5H2,1H3,(H2,14,15,16,17). The van der Waals surface area contributed by atoms with Gasteiger partial charge in [0.2, 0.25) is 5.82 Å². The van der Waals surface area contributed by atoms with Crippen molar-refractivity contribution in [3.05, 3.63) is 11.9 Å². The smallest absolute Gasteiger partial charge is 0.394 e. The minimum absolute atomic E-state index is 0.0632. The van der Waals surface area contributed by atoms with Gasteiger partial charge in [-0.2, -0.15) is 13.2 Å². The van der Waals surface area contributed by atoms with Gasteiger partial charge in [0.05, 0.1) is 12.1 Å². The van der Waals surface area contributed by atoms with Crippen molar-refractivity contribution in [3.63, 3.8) is 0 Å². The van der Waals surface area contributed by atoms with E-state index in [1.807, 2.05) is 0 Å². The monoisotopic (exact) mass is 262 g/mol. The first kappa shape index (κ1) is 12.9. The van der Waals surface area contributed by atoms with E-state index < -0.39 is 17.5 Å². The number of anilines is 2. The van der Waals surface area contributed by atoms with Crippen molar-refractivity contribution in [1.82, 2.24) is 9.97 Å². The molecule has 18 heavy (non-hydrogen) atoms. The largest absolute Gasteiger partial charge is 0.451 e. The molecule has 100 valence electrons. The van der Waals surface area contributed by atoms with Gasteiger partial charge >= 0.3 is 6.18 Å². The third-order valence-electron chi connectivity index (χ3n) is 2.79. The van der Waals surface area contributed by atoms with Crippen LogP contribution in [0.25, 0.3) is 0 Å². The summed E-state index contributed by atoms with van der Waals surface area (Å²) in [6, 6.07) is 1.38. The van der Waals surface area contributed by atoms with E-state index in [2.05, 4.69) is 20.6 Å². The van der Waals surface area contributed by atoms with E-state index in [0.717, 1.165) is 0 Å². The van der Waals surface area contributed by atoms with Crippen LogP contribution in [-0.2, 0) is 6.18 Å². The molecule has 8 heteroatoms. The molecule has 2 rings (SSSR count). The summed E-state index contributed by atoms with van der Waals surface area (Å²) < 4.78 is 37.8. The van der Waals surface area contributed by atoms with E-state index >= 15 is 0 Å². The molecule has 1 heterocycles.